The number of halogens is 3. The van der Waals surface area contributed by atoms with E-state index in [9.17, 15) is 9.50 Å². The molecule has 0 spiro atoms. The topological polar surface area (TPSA) is 20.2 Å². The van der Waals surface area contributed by atoms with Crippen LogP contribution in [0.3, 0.4) is 0 Å². The molecule has 0 aliphatic heterocycles. The smallest absolute Gasteiger partial charge is 0.130 e. The molecule has 0 bridgehead atoms. The Balaban J connectivity index is 2.76. The lowest BCUT2D eigenvalue weighted by atomic mass is 10.0. The van der Waals surface area contributed by atoms with Gasteiger partial charge in [0, 0.05) is 16.7 Å². The fraction of sp³-hybridized carbons (Fsp3) is 0.0667. The van der Waals surface area contributed by atoms with Crippen LogP contribution >= 0.6 is 23.2 Å². The molecule has 0 saturated heterocycles. The largest absolute Gasteiger partial charge is 0.507 e. The molecule has 2 aromatic rings. The maximum absolute atomic E-state index is 13.6. The van der Waals surface area contributed by atoms with Crippen LogP contribution in [0.15, 0.2) is 36.4 Å². The molecule has 2 rings (SSSR count). The highest BCUT2D eigenvalue weighted by Gasteiger charge is 2.15. The van der Waals surface area contributed by atoms with Crippen LogP contribution < -0.4 is 0 Å². The van der Waals surface area contributed by atoms with Crippen molar-refractivity contribution in [3.05, 3.63) is 57.8 Å². The van der Waals surface area contributed by atoms with Crippen LogP contribution in [0, 0.1) is 5.82 Å². The van der Waals surface area contributed by atoms with E-state index in [1.54, 1.807) is 37.3 Å². The fourth-order valence-corrected chi connectivity index (χ4v) is 2.47. The monoisotopic (exact) mass is 296 g/mol. The Bertz CT molecular complexity index is 631. The molecule has 0 heterocycles. The van der Waals surface area contributed by atoms with Gasteiger partial charge < -0.3 is 5.11 Å². The summed E-state index contributed by atoms with van der Waals surface area (Å²) in [7, 11) is 0. The average Bonchev–Trinajstić information content (AvgIpc) is 2.34. The van der Waals surface area contributed by atoms with Crippen molar-refractivity contribution >= 4 is 29.3 Å². The first-order chi connectivity index (χ1) is 9.04. The van der Waals surface area contributed by atoms with Crippen LogP contribution in [0.2, 0.25) is 10.0 Å². The van der Waals surface area contributed by atoms with Gasteiger partial charge in [0.05, 0.1) is 10.0 Å². The molecule has 0 amide bonds. The minimum absolute atomic E-state index is 0.0468. The standard InChI is InChI=1S/C15H11Cl2FO/c1-2-4-9-7-10(18)8-11(15(9)19)14-12(16)5-3-6-13(14)17/h2-8,19H,1H3/b4-2+. The van der Waals surface area contributed by atoms with Gasteiger partial charge in [-0.3, -0.25) is 0 Å². The highest BCUT2D eigenvalue weighted by Crippen LogP contribution is 2.41. The zero-order valence-corrected chi connectivity index (χ0v) is 11.6. The van der Waals surface area contributed by atoms with Crippen molar-refractivity contribution in [3.63, 3.8) is 0 Å². The third kappa shape index (κ3) is 2.75. The third-order valence-corrected chi connectivity index (χ3v) is 3.31. The highest BCUT2D eigenvalue weighted by molar-refractivity contribution is 6.39. The predicted molar refractivity (Wildman–Crippen MR) is 78.2 cm³/mol. The average molecular weight is 297 g/mol. The van der Waals surface area contributed by atoms with Crippen molar-refractivity contribution in [1.29, 1.82) is 0 Å². The number of aromatic hydroxyl groups is 1. The molecule has 1 N–H and O–H groups in total. The molecule has 0 aliphatic carbocycles. The summed E-state index contributed by atoms with van der Waals surface area (Å²) < 4.78 is 13.6. The lowest BCUT2D eigenvalue weighted by Gasteiger charge is -2.11. The van der Waals surface area contributed by atoms with Gasteiger partial charge in [0.25, 0.3) is 0 Å². The normalized spacial score (nSPS) is 11.2. The summed E-state index contributed by atoms with van der Waals surface area (Å²) in [5, 5.41) is 10.9. The van der Waals surface area contributed by atoms with Gasteiger partial charge in [0.15, 0.2) is 0 Å². The molecule has 0 aliphatic rings. The predicted octanol–water partition coefficient (Wildman–Crippen LogP) is 5.54. The number of allylic oxidation sites excluding steroid dienone is 1. The first-order valence-corrected chi connectivity index (χ1v) is 6.39. The quantitative estimate of drug-likeness (QED) is 0.771. The van der Waals surface area contributed by atoms with E-state index >= 15 is 0 Å². The minimum atomic E-state index is -0.461. The summed E-state index contributed by atoms with van der Waals surface area (Å²) in [6, 6.07) is 7.45. The van der Waals surface area contributed by atoms with Crippen molar-refractivity contribution in [3.8, 4) is 16.9 Å². The molecule has 0 fully saturated rings. The van der Waals surface area contributed by atoms with Crippen LogP contribution in [0.5, 0.6) is 5.75 Å². The highest BCUT2D eigenvalue weighted by atomic mass is 35.5. The van der Waals surface area contributed by atoms with Crippen molar-refractivity contribution in [1.82, 2.24) is 0 Å². The van der Waals surface area contributed by atoms with E-state index in [1.165, 1.54) is 12.1 Å². The molecule has 2 aromatic carbocycles. The summed E-state index contributed by atoms with van der Waals surface area (Å²) >= 11 is 12.2. The summed E-state index contributed by atoms with van der Waals surface area (Å²) in [5.74, 6) is -0.508. The molecular formula is C15H11Cl2FO. The van der Waals surface area contributed by atoms with E-state index in [-0.39, 0.29) is 11.3 Å². The van der Waals surface area contributed by atoms with Gasteiger partial charge in [-0.1, -0.05) is 41.4 Å². The Morgan fingerprint density at radius 1 is 1.16 bits per heavy atom. The first-order valence-electron chi connectivity index (χ1n) is 5.64. The maximum atomic E-state index is 13.6. The van der Waals surface area contributed by atoms with Crippen molar-refractivity contribution in [2.45, 2.75) is 6.92 Å². The van der Waals surface area contributed by atoms with E-state index in [0.29, 0.717) is 21.2 Å². The van der Waals surface area contributed by atoms with Crippen LogP contribution in [0.4, 0.5) is 4.39 Å². The van der Waals surface area contributed by atoms with Crippen molar-refractivity contribution in [2.75, 3.05) is 0 Å². The van der Waals surface area contributed by atoms with Gasteiger partial charge in [0.1, 0.15) is 11.6 Å². The molecule has 0 radical (unpaired) electrons. The molecule has 0 saturated carbocycles. The lowest BCUT2D eigenvalue weighted by Crippen LogP contribution is -1.88. The molecule has 19 heavy (non-hydrogen) atoms. The zero-order valence-electron chi connectivity index (χ0n) is 10.1. The second-order valence-electron chi connectivity index (χ2n) is 3.99. The molecule has 0 atom stereocenters. The van der Waals surface area contributed by atoms with E-state index in [2.05, 4.69) is 0 Å². The number of hydrogen-bond acceptors (Lipinski definition) is 1. The SMILES string of the molecule is C/C=C/c1cc(F)cc(-c2c(Cl)cccc2Cl)c1O. The lowest BCUT2D eigenvalue weighted by molar-refractivity contribution is 0.474. The van der Waals surface area contributed by atoms with Crippen LogP contribution in [-0.2, 0) is 0 Å². The van der Waals surface area contributed by atoms with Gasteiger partial charge in [0.2, 0.25) is 0 Å². The molecule has 98 valence electrons. The third-order valence-electron chi connectivity index (χ3n) is 2.68. The van der Waals surface area contributed by atoms with Crippen LogP contribution in [-0.4, -0.2) is 5.11 Å². The van der Waals surface area contributed by atoms with Crippen molar-refractivity contribution in [2.24, 2.45) is 0 Å². The number of hydrogen-bond donors (Lipinski definition) is 1. The second-order valence-corrected chi connectivity index (χ2v) is 4.80. The molecular weight excluding hydrogens is 286 g/mol. The van der Waals surface area contributed by atoms with E-state index < -0.39 is 5.82 Å². The summed E-state index contributed by atoms with van der Waals surface area (Å²) in [6.45, 7) is 1.78. The number of rotatable bonds is 2. The van der Waals surface area contributed by atoms with Gasteiger partial charge in [-0.25, -0.2) is 4.39 Å². The molecule has 1 nitrogen and oxygen atoms in total. The Morgan fingerprint density at radius 2 is 1.79 bits per heavy atom. The number of phenolic OH excluding ortho intramolecular Hbond substituents is 1. The first kappa shape index (κ1) is 13.9. The van der Waals surface area contributed by atoms with Gasteiger partial charge in [-0.05, 0) is 31.2 Å². The van der Waals surface area contributed by atoms with Gasteiger partial charge >= 0.3 is 0 Å². The van der Waals surface area contributed by atoms with Crippen LogP contribution in [0.1, 0.15) is 12.5 Å². The Hall–Kier alpha value is -1.51. The molecule has 0 unspecified atom stereocenters. The number of phenols is 1. The Morgan fingerprint density at radius 3 is 2.37 bits per heavy atom. The maximum Gasteiger partial charge on any atom is 0.130 e. The number of benzene rings is 2. The minimum Gasteiger partial charge on any atom is -0.507 e. The van der Waals surface area contributed by atoms with E-state index in [1.807, 2.05) is 0 Å². The summed E-state index contributed by atoms with van der Waals surface area (Å²) in [4.78, 5) is 0. The summed E-state index contributed by atoms with van der Waals surface area (Å²) in [6.07, 6.45) is 3.33. The van der Waals surface area contributed by atoms with Crippen molar-refractivity contribution < 1.29 is 9.50 Å². The fourth-order valence-electron chi connectivity index (χ4n) is 1.87. The van der Waals surface area contributed by atoms with Gasteiger partial charge in [-0.2, -0.15) is 0 Å². The van der Waals surface area contributed by atoms with E-state index in [4.69, 9.17) is 23.2 Å². The zero-order chi connectivity index (χ0) is 14.0. The second kappa shape index (κ2) is 5.64. The van der Waals surface area contributed by atoms with Gasteiger partial charge in [-0.15, -0.1) is 0 Å². The Kier molecular flexibility index (Phi) is 4.13. The molecule has 0 aromatic heterocycles. The summed E-state index contributed by atoms with van der Waals surface area (Å²) in [5.41, 5.74) is 1.09. The molecule has 4 heteroatoms. The van der Waals surface area contributed by atoms with E-state index in [0.717, 1.165) is 0 Å². The Labute approximate surface area is 120 Å². The van der Waals surface area contributed by atoms with Crippen LogP contribution in [0.25, 0.3) is 17.2 Å².